The van der Waals surface area contributed by atoms with E-state index < -0.39 is 0 Å². The number of aryl methyl sites for hydroxylation is 1. The van der Waals surface area contributed by atoms with Gasteiger partial charge in [-0.25, -0.2) is 0 Å². The molecular formula is C14H20N2S. The van der Waals surface area contributed by atoms with E-state index in [1.165, 1.54) is 28.0 Å². The summed E-state index contributed by atoms with van der Waals surface area (Å²) in [5.74, 6) is 2.37. The van der Waals surface area contributed by atoms with Crippen LogP contribution in [0.5, 0.6) is 0 Å². The molecule has 0 aliphatic rings. The molecular weight excluding hydrogens is 228 g/mol. The number of thioether (sulfide) groups is 1. The standard InChI is InChI=1S/C14H20N2S/c1-2-17-11-10-16-9-7-13-12(6-8-15)4-3-5-14(13)16/h3-5,7,9H,2,6,8,10-11,15H2,1H3. The Labute approximate surface area is 107 Å². The van der Waals surface area contributed by atoms with E-state index in [4.69, 9.17) is 5.73 Å². The Balaban J connectivity index is 2.24. The van der Waals surface area contributed by atoms with Gasteiger partial charge in [-0.2, -0.15) is 11.8 Å². The van der Waals surface area contributed by atoms with Crippen molar-refractivity contribution in [3.63, 3.8) is 0 Å². The van der Waals surface area contributed by atoms with E-state index in [-0.39, 0.29) is 0 Å². The molecule has 0 aliphatic carbocycles. The monoisotopic (exact) mass is 248 g/mol. The number of nitrogens with two attached hydrogens (primary N) is 1. The van der Waals surface area contributed by atoms with E-state index in [0.29, 0.717) is 0 Å². The van der Waals surface area contributed by atoms with Crippen LogP contribution in [0.4, 0.5) is 0 Å². The summed E-state index contributed by atoms with van der Waals surface area (Å²) in [5, 5.41) is 1.36. The summed E-state index contributed by atoms with van der Waals surface area (Å²) in [6, 6.07) is 8.74. The minimum absolute atomic E-state index is 0.718. The molecule has 2 N–H and O–H groups in total. The van der Waals surface area contributed by atoms with Gasteiger partial charge in [-0.3, -0.25) is 0 Å². The number of rotatable bonds is 6. The lowest BCUT2D eigenvalue weighted by Gasteiger charge is -2.06. The lowest BCUT2D eigenvalue weighted by molar-refractivity contribution is 0.807. The predicted molar refractivity (Wildman–Crippen MR) is 77.7 cm³/mol. The van der Waals surface area contributed by atoms with Crippen LogP contribution in [0.25, 0.3) is 10.9 Å². The highest BCUT2D eigenvalue weighted by Crippen LogP contribution is 2.21. The fraction of sp³-hybridized carbons (Fsp3) is 0.429. The van der Waals surface area contributed by atoms with Crippen molar-refractivity contribution in [2.75, 3.05) is 18.1 Å². The minimum Gasteiger partial charge on any atom is -0.347 e. The average Bonchev–Trinajstić information content (AvgIpc) is 2.75. The van der Waals surface area contributed by atoms with E-state index in [9.17, 15) is 0 Å². The molecule has 0 radical (unpaired) electrons. The summed E-state index contributed by atoms with van der Waals surface area (Å²) in [4.78, 5) is 0. The molecule has 2 aromatic rings. The highest BCUT2D eigenvalue weighted by molar-refractivity contribution is 7.99. The molecule has 1 heterocycles. The van der Waals surface area contributed by atoms with E-state index in [1.807, 2.05) is 11.8 Å². The van der Waals surface area contributed by atoms with Crippen LogP contribution < -0.4 is 5.73 Å². The SMILES string of the molecule is CCSCCn1ccc2c(CCN)cccc21. The van der Waals surface area contributed by atoms with Crippen LogP contribution in [-0.4, -0.2) is 22.6 Å². The third-order valence-corrected chi connectivity index (χ3v) is 3.88. The zero-order chi connectivity index (χ0) is 12.1. The van der Waals surface area contributed by atoms with Crippen LogP contribution in [0.2, 0.25) is 0 Å². The molecule has 0 fully saturated rings. The van der Waals surface area contributed by atoms with Crippen molar-refractivity contribution in [3.05, 3.63) is 36.0 Å². The molecule has 0 unspecified atom stereocenters. The highest BCUT2D eigenvalue weighted by Gasteiger charge is 2.04. The zero-order valence-corrected chi connectivity index (χ0v) is 11.2. The highest BCUT2D eigenvalue weighted by atomic mass is 32.2. The van der Waals surface area contributed by atoms with Crippen LogP contribution in [0, 0.1) is 0 Å². The number of nitrogens with zero attached hydrogens (tertiary/aromatic N) is 1. The van der Waals surface area contributed by atoms with Crippen molar-refractivity contribution >= 4 is 22.7 Å². The van der Waals surface area contributed by atoms with Gasteiger partial charge in [0.2, 0.25) is 0 Å². The van der Waals surface area contributed by atoms with Gasteiger partial charge in [-0.1, -0.05) is 19.1 Å². The largest absolute Gasteiger partial charge is 0.347 e. The van der Waals surface area contributed by atoms with Gasteiger partial charge in [-0.05, 0) is 36.4 Å². The fourth-order valence-electron chi connectivity index (χ4n) is 2.16. The molecule has 0 amide bonds. The summed E-state index contributed by atoms with van der Waals surface area (Å²) in [6.45, 7) is 4.02. The first-order chi connectivity index (χ1) is 8.36. The summed E-state index contributed by atoms with van der Waals surface area (Å²) in [5.41, 5.74) is 8.35. The van der Waals surface area contributed by atoms with E-state index in [1.54, 1.807) is 0 Å². The first-order valence-corrected chi connectivity index (χ1v) is 7.37. The second kappa shape index (κ2) is 6.12. The van der Waals surface area contributed by atoms with E-state index in [2.05, 4.69) is 42.0 Å². The van der Waals surface area contributed by atoms with Gasteiger partial charge in [-0.15, -0.1) is 0 Å². The molecule has 0 spiro atoms. The summed E-state index contributed by atoms with van der Waals surface area (Å²) >= 11 is 1.99. The second-order valence-electron chi connectivity index (χ2n) is 4.09. The zero-order valence-electron chi connectivity index (χ0n) is 10.4. The Bertz CT molecular complexity index is 476. The molecule has 0 bridgehead atoms. The molecule has 1 aromatic heterocycles. The Morgan fingerprint density at radius 1 is 1.29 bits per heavy atom. The molecule has 3 heteroatoms. The Morgan fingerprint density at radius 2 is 2.18 bits per heavy atom. The smallest absolute Gasteiger partial charge is 0.0483 e. The molecule has 2 nitrogen and oxygen atoms in total. The number of hydrogen-bond acceptors (Lipinski definition) is 2. The fourth-order valence-corrected chi connectivity index (χ4v) is 2.78. The number of fused-ring (bicyclic) bond motifs is 1. The van der Waals surface area contributed by atoms with Gasteiger partial charge in [0.1, 0.15) is 0 Å². The van der Waals surface area contributed by atoms with Crippen LogP contribution in [0.15, 0.2) is 30.5 Å². The maximum atomic E-state index is 5.65. The van der Waals surface area contributed by atoms with Crippen molar-refractivity contribution in [2.24, 2.45) is 5.73 Å². The number of hydrogen-bond donors (Lipinski definition) is 1. The molecule has 2 rings (SSSR count). The normalized spacial score (nSPS) is 11.2. The molecule has 0 saturated heterocycles. The van der Waals surface area contributed by atoms with Gasteiger partial charge in [0.15, 0.2) is 0 Å². The maximum absolute atomic E-state index is 5.65. The molecule has 1 aromatic carbocycles. The van der Waals surface area contributed by atoms with Gasteiger partial charge in [0.25, 0.3) is 0 Å². The minimum atomic E-state index is 0.718. The quantitative estimate of drug-likeness (QED) is 0.797. The Kier molecular flexibility index (Phi) is 4.51. The molecule has 0 atom stereocenters. The van der Waals surface area contributed by atoms with Crippen molar-refractivity contribution in [3.8, 4) is 0 Å². The van der Waals surface area contributed by atoms with Gasteiger partial charge in [0.05, 0.1) is 0 Å². The molecule has 0 aliphatic heterocycles. The van der Waals surface area contributed by atoms with Crippen molar-refractivity contribution in [1.82, 2.24) is 4.57 Å². The maximum Gasteiger partial charge on any atom is 0.0483 e. The average molecular weight is 248 g/mol. The van der Waals surface area contributed by atoms with Crippen molar-refractivity contribution < 1.29 is 0 Å². The predicted octanol–water partition coefficient (Wildman–Crippen LogP) is 2.90. The van der Waals surface area contributed by atoms with Gasteiger partial charge < -0.3 is 10.3 Å². The van der Waals surface area contributed by atoms with Crippen LogP contribution in [0.3, 0.4) is 0 Å². The lowest BCUT2D eigenvalue weighted by atomic mass is 10.1. The number of benzene rings is 1. The lowest BCUT2D eigenvalue weighted by Crippen LogP contribution is -2.03. The van der Waals surface area contributed by atoms with Crippen molar-refractivity contribution in [1.29, 1.82) is 0 Å². The van der Waals surface area contributed by atoms with Crippen LogP contribution in [0.1, 0.15) is 12.5 Å². The first kappa shape index (κ1) is 12.5. The topological polar surface area (TPSA) is 30.9 Å². The van der Waals surface area contributed by atoms with Crippen molar-refractivity contribution in [2.45, 2.75) is 19.9 Å². The molecule has 0 saturated carbocycles. The third kappa shape index (κ3) is 2.85. The second-order valence-corrected chi connectivity index (χ2v) is 5.49. The van der Waals surface area contributed by atoms with E-state index >= 15 is 0 Å². The van der Waals surface area contributed by atoms with Crippen LogP contribution >= 0.6 is 11.8 Å². The first-order valence-electron chi connectivity index (χ1n) is 6.21. The van der Waals surface area contributed by atoms with Gasteiger partial charge >= 0.3 is 0 Å². The summed E-state index contributed by atoms with van der Waals surface area (Å²) in [7, 11) is 0. The summed E-state index contributed by atoms with van der Waals surface area (Å²) in [6.07, 6.45) is 3.16. The Morgan fingerprint density at radius 3 is 2.94 bits per heavy atom. The summed E-state index contributed by atoms with van der Waals surface area (Å²) < 4.78 is 2.35. The van der Waals surface area contributed by atoms with E-state index in [0.717, 1.165) is 19.5 Å². The molecule has 92 valence electrons. The Hall–Kier alpha value is -0.930. The number of aromatic nitrogens is 1. The van der Waals surface area contributed by atoms with Gasteiger partial charge in [0, 0.05) is 29.4 Å². The molecule has 17 heavy (non-hydrogen) atoms. The third-order valence-electron chi connectivity index (χ3n) is 3.00. The van der Waals surface area contributed by atoms with Crippen LogP contribution in [-0.2, 0) is 13.0 Å².